The Kier molecular flexibility index (Phi) is 2.09. The van der Waals surface area contributed by atoms with Gasteiger partial charge in [0.05, 0.1) is 0 Å². The molecular formula is C17H9ClO. The minimum Gasteiger partial charge on any atom is -0.289 e. The van der Waals surface area contributed by atoms with Gasteiger partial charge in [0.25, 0.3) is 0 Å². The van der Waals surface area contributed by atoms with E-state index < -0.39 is 0 Å². The molecule has 0 saturated carbocycles. The van der Waals surface area contributed by atoms with Crippen LogP contribution in [0.1, 0.15) is 15.9 Å². The maximum absolute atomic E-state index is 12.4. The first kappa shape index (κ1) is 10.8. The third-order valence-corrected chi connectivity index (χ3v) is 3.90. The average molecular weight is 265 g/mol. The van der Waals surface area contributed by atoms with Gasteiger partial charge in [0.2, 0.25) is 0 Å². The van der Waals surface area contributed by atoms with Gasteiger partial charge in [0.1, 0.15) is 0 Å². The number of carbonyl (C=O) groups is 1. The molecule has 90 valence electrons. The second-order valence-electron chi connectivity index (χ2n) is 4.73. The lowest BCUT2D eigenvalue weighted by Crippen LogP contribution is -1.94. The van der Waals surface area contributed by atoms with E-state index in [0.29, 0.717) is 5.02 Å². The molecule has 0 aliphatic heterocycles. The highest BCUT2D eigenvalue weighted by Crippen LogP contribution is 2.42. The van der Waals surface area contributed by atoms with Gasteiger partial charge in [-0.05, 0) is 40.6 Å². The van der Waals surface area contributed by atoms with Crippen molar-refractivity contribution in [1.29, 1.82) is 0 Å². The molecule has 1 aliphatic carbocycles. The van der Waals surface area contributed by atoms with Gasteiger partial charge in [0, 0.05) is 21.7 Å². The predicted octanol–water partition coefficient (Wildman–Crippen LogP) is 4.70. The van der Waals surface area contributed by atoms with E-state index in [1.54, 1.807) is 6.07 Å². The molecule has 1 nitrogen and oxygen atoms in total. The van der Waals surface area contributed by atoms with E-state index in [-0.39, 0.29) is 5.78 Å². The van der Waals surface area contributed by atoms with Crippen LogP contribution < -0.4 is 0 Å². The van der Waals surface area contributed by atoms with Crippen LogP contribution in [-0.2, 0) is 0 Å². The van der Waals surface area contributed by atoms with Crippen molar-refractivity contribution in [2.24, 2.45) is 0 Å². The van der Waals surface area contributed by atoms with E-state index in [9.17, 15) is 4.79 Å². The van der Waals surface area contributed by atoms with Crippen LogP contribution in [0.3, 0.4) is 0 Å². The third-order valence-electron chi connectivity index (χ3n) is 3.67. The summed E-state index contributed by atoms with van der Waals surface area (Å²) >= 11 is 6.08. The Hall–Kier alpha value is -2.12. The zero-order valence-electron chi connectivity index (χ0n) is 9.98. The number of fused-ring (bicyclic) bond motifs is 5. The molecule has 0 spiro atoms. The van der Waals surface area contributed by atoms with Gasteiger partial charge in [-0.3, -0.25) is 4.79 Å². The van der Waals surface area contributed by atoms with Gasteiger partial charge >= 0.3 is 0 Å². The van der Waals surface area contributed by atoms with Gasteiger partial charge in [-0.2, -0.15) is 0 Å². The number of hydrogen-bond acceptors (Lipinski definition) is 1. The molecule has 0 heterocycles. The van der Waals surface area contributed by atoms with Crippen LogP contribution in [0.15, 0.2) is 54.6 Å². The summed E-state index contributed by atoms with van der Waals surface area (Å²) in [6.07, 6.45) is 0. The summed E-state index contributed by atoms with van der Waals surface area (Å²) in [6, 6.07) is 17.5. The molecule has 0 fully saturated rings. The molecule has 0 atom stereocenters. The van der Waals surface area contributed by atoms with Gasteiger partial charge in [0.15, 0.2) is 5.78 Å². The fourth-order valence-corrected chi connectivity index (χ4v) is 2.99. The number of halogens is 1. The summed E-state index contributed by atoms with van der Waals surface area (Å²) < 4.78 is 0. The van der Waals surface area contributed by atoms with Gasteiger partial charge in [-0.25, -0.2) is 0 Å². The fourth-order valence-electron chi connectivity index (χ4n) is 2.82. The molecule has 0 radical (unpaired) electrons. The number of hydrogen-bond donors (Lipinski definition) is 0. The van der Waals surface area contributed by atoms with Crippen LogP contribution in [0.5, 0.6) is 0 Å². The highest BCUT2D eigenvalue weighted by molar-refractivity contribution is 6.32. The van der Waals surface area contributed by atoms with Crippen molar-refractivity contribution in [2.75, 3.05) is 0 Å². The molecule has 4 rings (SSSR count). The molecule has 1 aliphatic rings. The monoisotopic (exact) mass is 264 g/mol. The molecule has 19 heavy (non-hydrogen) atoms. The Morgan fingerprint density at radius 1 is 0.789 bits per heavy atom. The zero-order valence-corrected chi connectivity index (χ0v) is 10.7. The van der Waals surface area contributed by atoms with E-state index in [0.717, 1.165) is 33.0 Å². The lowest BCUT2D eigenvalue weighted by molar-refractivity contribution is 0.104. The molecule has 0 unspecified atom stereocenters. The summed E-state index contributed by atoms with van der Waals surface area (Å²) in [5.41, 5.74) is 3.48. The summed E-state index contributed by atoms with van der Waals surface area (Å²) in [6.45, 7) is 0. The molecule has 3 aromatic carbocycles. The van der Waals surface area contributed by atoms with Crippen LogP contribution in [0.25, 0.3) is 21.9 Å². The van der Waals surface area contributed by atoms with Crippen LogP contribution in [-0.4, -0.2) is 5.78 Å². The van der Waals surface area contributed by atoms with Crippen LogP contribution in [0, 0.1) is 0 Å². The quantitative estimate of drug-likeness (QED) is 0.450. The van der Waals surface area contributed by atoms with E-state index in [4.69, 9.17) is 11.6 Å². The second kappa shape index (κ2) is 3.69. The number of ketones is 1. The SMILES string of the molecule is O=C1c2ccc(Cl)cc2-c2c1ccc1ccccc21. The Morgan fingerprint density at radius 3 is 2.47 bits per heavy atom. The van der Waals surface area contributed by atoms with E-state index >= 15 is 0 Å². The van der Waals surface area contributed by atoms with Gasteiger partial charge in [-0.15, -0.1) is 0 Å². The third kappa shape index (κ3) is 1.39. The molecule has 0 amide bonds. The van der Waals surface area contributed by atoms with Crippen molar-refractivity contribution >= 4 is 28.2 Å². The summed E-state index contributed by atoms with van der Waals surface area (Å²) in [5, 5.41) is 2.91. The fraction of sp³-hybridized carbons (Fsp3) is 0. The maximum Gasteiger partial charge on any atom is 0.194 e. The molecule has 3 aromatic rings. The summed E-state index contributed by atoms with van der Waals surface area (Å²) in [5.74, 6) is 0.0902. The summed E-state index contributed by atoms with van der Waals surface area (Å²) in [4.78, 5) is 12.4. The molecule has 0 bridgehead atoms. The van der Waals surface area contributed by atoms with Gasteiger partial charge < -0.3 is 0 Å². The Labute approximate surface area is 115 Å². The van der Waals surface area contributed by atoms with E-state index in [1.807, 2.05) is 36.4 Å². The standard InChI is InChI=1S/C17H9ClO/c18-11-6-8-13-15(9-11)16-12-4-2-1-3-10(12)5-7-14(16)17(13)19/h1-9H. The predicted molar refractivity (Wildman–Crippen MR) is 77.8 cm³/mol. The average Bonchev–Trinajstić information content (AvgIpc) is 2.72. The number of rotatable bonds is 0. The van der Waals surface area contributed by atoms with Gasteiger partial charge in [-0.1, -0.05) is 41.9 Å². The lowest BCUT2D eigenvalue weighted by Gasteiger charge is -2.05. The largest absolute Gasteiger partial charge is 0.289 e. The molecule has 0 saturated heterocycles. The first-order valence-corrected chi connectivity index (χ1v) is 6.50. The van der Waals surface area contributed by atoms with Crippen molar-refractivity contribution in [3.05, 3.63) is 70.7 Å². The smallest absolute Gasteiger partial charge is 0.194 e. The van der Waals surface area contributed by atoms with E-state index in [1.165, 1.54) is 0 Å². The Balaban J connectivity index is 2.20. The number of carbonyl (C=O) groups excluding carboxylic acids is 1. The maximum atomic E-state index is 12.4. The first-order valence-electron chi connectivity index (χ1n) is 6.12. The van der Waals surface area contributed by atoms with E-state index in [2.05, 4.69) is 12.1 Å². The van der Waals surface area contributed by atoms with Crippen molar-refractivity contribution in [2.45, 2.75) is 0 Å². The minimum absolute atomic E-state index is 0.0902. The molecular weight excluding hydrogens is 256 g/mol. The van der Waals surface area contributed by atoms with Crippen molar-refractivity contribution in [3.63, 3.8) is 0 Å². The second-order valence-corrected chi connectivity index (χ2v) is 5.16. The van der Waals surface area contributed by atoms with Crippen molar-refractivity contribution < 1.29 is 4.79 Å². The Morgan fingerprint density at radius 2 is 1.58 bits per heavy atom. The minimum atomic E-state index is 0.0902. The zero-order chi connectivity index (χ0) is 13.0. The molecule has 0 N–H and O–H groups in total. The van der Waals surface area contributed by atoms with Crippen molar-refractivity contribution in [3.8, 4) is 11.1 Å². The van der Waals surface area contributed by atoms with Crippen LogP contribution in [0.2, 0.25) is 5.02 Å². The van der Waals surface area contributed by atoms with Crippen LogP contribution >= 0.6 is 11.6 Å². The lowest BCUT2D eigenvalue weighted by atomic mass is 9.98. The highest BCUT2D eigenvalue weighted by atomic mass is 35.5. The molecule has 0 aromatic heterocycles. The van der Waals surface area contributed by atoms with Crippen LogP contribution in [0.4, 0.5) is 0 Å². The summed E-state index contributed by atoms with van der Waals surface area (Å²) in [7, 11) is 0. The first-order chi connectivity index (χ1) is 9.25. The Bertz CT molecular complexity index is 849. The highest BCUT2D eigenvalue weighted by Gasteiger charge is 2.28. The van der Waals surface area contributed by atoms with Crippen molar-refractivity contribution in [1.82, 2.24) is 0 Å². The normalized spacial score (nSPS) is 12.6. The molecule has 2 heteroatoms. The topological polar surface area (TPSA) is 17.1 Å². The number of benzene rings is 3.